The van der Waals surface area contributed by atoms with Gasteiger partial charge in [0.05, 0.1) is 11.0 Å². The molecule has 0 aromatic heterocycles. The van der Waals surface area contributed by atoms with Crippen LogP contribution in [-0.2, 0) is 19.1 Å². The van der Waals surface area contributed by atoms with Crippen molar-refractivity contribution >= 4 is 29.8 Å². The highest BCUT2D eigenvalue weighted by Crippen LogP contribution is 2.22. The molecule has 0 radical (unpaired) electrons. The van der Waals surface area contributed by atoms with Gasteiger partial charge in [-0.05, 0) is 12.8 Å². The van der Waals surface area contributed by atoms with Crippen molar-refractivity contribution in [3.8, 4) is 0 Å². The summed E-state index contributed by atoms with van der Waals surface area (Å²) in [5.41, 5.74) is 0. The third-order valence-corrected chi connectivity index (χ3v) is 5.75. The summed E-state index contributed by atoms with van der Waals surface area (Å²) in [6.45, 7) is -0.148. The molecule has 0 spiro atoms. The zero-order valence-corrected chi connectivity index (χ0v) is 11.2. The number of nitrogens with one attached hydrogen (secondary N) is 1. The van der Waals surface area contributed by atoms with Crippen LogP contribution in [0.25, 0.3) is 0 Å². The van der Waals surface area contributed by atoms with Gasteiger partial charge in [0.25, 0.3) is 0 Å². The lowest BCUT2D eigenvalue weighted by molar-refractivity contribution is 0.478. The summed E-state index contributed by atoms with van der Waals surface area (Å²) in [5, 5.41) is -0.376. The topological polar surface area (TPSA) is 80.3 Å². The van der Waals surface area contributed by atoms with Gasteiger partial charge < -0.3 is 0 Å². The quantitative estimate of drug-likeness (QED) is 0.760. The van der Waals surface area contributed by atoms with Crippen molar-refractivity contribution < 1.29 is 16.8 Å². The number of halogens is 1. The second kappa shape index (κ2) is 5.66. The summed E-state index contributed by atoms with van der Waals surface area (Å²) >= 11 is 0. The zero-order chi connectivity index (χ0) is 12.2. The smallest absolute Gasteiger partial charge is 0.214 e. The van der Waals surface area contributed by atoms with Crippen LogP contribution in [0.4, 0.5) is 0 Å². The molecule has 1 saturated carbocycles. The molecule has 0 unspecified atom stereocenters. The average molecular weight is 290 g/mol. The van der Waals surface area contributed by atoms with Crippen LogP contribution in [0.15, 0.2) is 0 Å². The minimum atomic E-state index is -3.63. The van der Waals surface area contributed by atoms with Crippen molar-refractivity contribution in [1.82, 2.24) is 4.72 Å². The molecule has 5 nitrogen and oxygen atoms in total. The molecule has 0 aromatic carbocycles. The van der Waals surface area contributed by atoms with E-state index in [0.29, 0.717) is 12.8 Å². The Morgan fingerprint density at radius 1 is 1.06 bits per heavy atom. The molecule has 8 heteroatoms. The van der Waals surface area contributed by atoms with E-state index >= 15 is 0 Å². The highest BCUT2D eigenvalue weighted by molar-refractivity contribution is 8.13. The lowest BCUT2D eigenvalue weighted by atomic mass is 10.0. The van der Waals surface area contributed by atoms with Gasteiger partial charge in [-0.1, -0.05) is 19.3 Å². The molecular formula is C8H16ClNO4S2. The first-order valence-corrected chi connectivity index (χ1v) is 9.24. The molecule has 0 saturated heterocycles. The molecule has 0 bridgehead atoms. The zero-order valence-electron chi connectivity index (χ0n) is 8.85. The molecule has 1 aliphatic rings. The van der Waals surface area contributed by atoms with E-state index in [-0.39, 0.29) is 17.5 Å². The van der Waals surface area contributed by atoms with Crippen LogP contribution < -0.4 is 4.72 Å². The van der Waals surface area contributed by atoms with E-state index in [9.17, 15) is 16.8 Å². The number of hydrogen-bond donors (Lipinski definition) is 1. The second-order valence-corrected chi connectivity index (χ2v) is 8.88. The lowest BCUT2D eigenvalue weighted by Crippen LogP contribution is -2.37. The van der Waals surface area contributed by atoms with E-state index in [1.807, 2.05) is 0 Å². The molecule has 16 heavy (non-hydrogen) atoms. The monoisotopic (exact) mass is 289 g/mol. The summed E-state index contributed by atoms with van der Waals surface area (Å²) in [6.07, 6.45) is 4.22. The highest BCUT2D eigenvalue weighted by atomic mass is 35.7. The van der Waals surface area contributed by atoms with E-state index in [1.165, 1.54) is 0 Å². The Kier molecular flexibility index (Phi) is 5.03. The Labute approximate surface area is 101 Å². The highest BCUT2D eigenvalue weighted by Gasteiger charge is 2.26. The molecule has 0 atom stereocenters. The predicted octanol–water partition coefficient (Wildman–Crippen LogP) is 0.807. The van der Waals surface area contributed by atoms with Gasteiger partial charge in [0, 0.05) is 17.2 Å². The first-order chi connectivity index (χ1) is 7.31. The molecule has 1 fully saturated rings. The number of sulfonamides is 1. The molecule has 1 aliphatic carbocycles. The maximum absolute atomic E-state index is 11.7. The standard InChI is InChI=1S/C8H16ClNO4S2/c9-15(11,12)7-6-10-16(13,14)8-4-2-1-3-5-8/h8,10H,1-7H2. The fourth-order valence-electron chi connectivity index (χ4n) is 1.80. The van der Waals surface area contributed by atoms with Gasteiger partial charge in [0.15, 0.2) is 0 Å². The van der Waals surface area contributed by atoms with Gasteiger partial charge in [-0.25, -0.2) is 21.6 Å². The van der Waals surface area contributed by atoms with Crippen LogP contribution in [0, 0.1) is 0 Å². The molecule has 0 heterocycles. The van der Waals surface area contributed by atoms with Crippen molar-refractivity contribution in [2.45, 2.75) is 37.4 Å². The Morgan fingerprint density at radius 2 is 1.62 bits per heavy atom. The minimum Gasteiger partial charge on any atom is -0.214 e. The number of rotatable bonds is 5. The van der Waals surface area contributed by atoms with Crippen LogP contribution in [-0.4, -0.2) is 34.4 Å². The Hall–Kier alpha value is 0.150. The van der Waals surface area contributed by atoms with Crippen LogP contribution in [0.2, 0.25) is 0 Å². The van der Waals surface area contributed by atoms with Crippen LogP contribution in [0.1, 0.15) is 32.1 Å². The van der Waals surface area contributed by atoms with Crippen molar-refractivity contribution in [1.29, 1.82) is 0 Å². The van der Waals surface area contributed by atoms with E-state index in [2.05, 4.69) is 4.72 Å². The molecule has 96 valence electrons. The van der Waals surface area contributed by atoms with Crippen molar-refractivity contribution in [3.05, 3.63) is 0 Å². The van der Waals surface area contributed by atoms with E-state index in [4.69, 9.17) is 10.7 Å². The maximum Gasteiger partial charge on any atom is 0.233 e. The fourth-order valence-corrected chi connectivity index (χ4v) is 4.08. The first-order valence-electron chi connectivity index (χ1n) is 5.22. The largest absolute Gasteiger partial charge is 0.233 e. The first kappa shape index (κ1) is 14.2. The van der Waals surface area contributed by atoms with Crippen LogP contribution >= 0.6 is 10.7 Å². The van der Waals surface area contributed by atoms with Gasteiger partial charge >= 0.3 is 0 Å². The molecule has 1 N–H and O–H groups in total. The van der Waals surface area contributed by atoms with Gasteiger partial charge in [0.1, 0.15) is 0 Å². The van der Waals surface area contributed by atoms with Crippen molar-refractivity contribution in [2.75, 3.05) is 12.3 Å². The van der Waals surface area contributed by atoms with Gasteiger partial charge in [-0.3, -0.25) is 0 Å². The minimum absolute atomic E-state index is 0.148. The summed E-state index contributed by atoms with van der Waals surface area (Å²) < 4.78 is 47.0. The normalized spacial score (nSPS) is 19.8. The van der Waals surface area contributed by atoms with E-state index in [1.54, 1.807) is 0 Å². The average Bonchev–Trinajstić information content (AvgIpc) is 2.17. The molecule has 0 aliphatic heterocycles. The summed E-state index contributed by atoms with van der Waals surface area (Å²) in [7, 11) is -2.03. The van der Waals surface area contributed by atoms with Gasteiger partial charge in [-0.2, -0.15) is 0 Å². The van der Waals surface area contributed by atoms with Crippen LogP contribution in [0.5, 0.6) is 0 Å². The molecule has 1 rings (SSSR count). The molecule has 0 aromatic rings. The molecule has 0 amide bonds. The second-order valence-electron chi connectivity index (χ2n) is 3.94. The summed E-state index contributed by atoms with van der Waals surface area (Å²) in [6, 6.07) is 0. The van der Waals surface area contributed by atoms with Crippen LogP contribution in [0.3, 0.4) is 0 Å². The Balaban J connectivity index is 2.45. The molecular weight excluding hydrogens is 274 g/mol. The van der Waals surface area contributed by atoms with Gasteiger partial charge in [0.2, 0.25) is 19.1 Å². The SMILES string of the molecule is O=S(=O)(Cl)CCNS(=O)(=O)C1CCCCC1. The Morgan fingerprint density at radius 3 is 2.12 bits per heavy atom. The lowest BCUT2D eigenvalue weighted by Gasteiger charge is -2.21. The van der Waals surface area contributed by atoms with Crippen molar-refractivity contribution in [3.63, 3.8) is 0 Å². The van der Waals surface area contributed by atoms with E-state index in [0.717, 1.165) is 19.3 Å². The number of hydrogen-bond acceptors (Lipinski definition) is 4. The summed E-state index contributed by atoms with van der Waals surface area (Å²) in [4.78, 5) is 0. The van der Waals surface area contributed by atoms with Gasteiger partial charge in [-0.15, -0.1) is 0 Å². The van der Waals surface area contributed by atoms with Crippen molar-refractivity contribution in [2.24, 2.45) is 0 Å². The van der Waals surface area contributed by atoms with E-state index < -0.39 is 19.1 Å². The Bertz CT molecular complexity index is 411. The third kappa shape index (κ3) is 4.99. The fraction of sp³-hybridized carbons (Fsp3) is 1.00. The maximum atomic E-state index is 11.7. The predicted molar refractivity (Wildman–Crippen MR) is 63.4 cm³/mol. The summed E-state index contributed by atoms with van der Waals surface area (Å²) in [5.74, 6) is -0.374. The third-order valence-electron chi connectivity index (χ3n) is 2.64.